The van der Waals surface area contributed by atoms with Crippen LogP contribution in [0.3, 0.4) is 0 Å². The van der Waals surface area contributed by atoms with Gasteiger partial charge in [-0.25, -0.2) is 8.42 Å². The van der Waals surface area contributed by atoms with E-state index < -0.39 is 10.0 Å². The Balaban J connectivity index is 1.91. The van der Waals surface area contributed by atoms with Gasteiger partial charge in [-0.05, 0) is 30.7 Å². The molecule has 0 spiro atoms. The van der Waals surface area contributed by atoms with E-state index in [-0.39, 0.29) is 6.04 Å². The fourth-order valence-corrected chi connectivity index (χ4v) is 4.17. The first-order valence-corrected chi connectivity index (χ1v) is 8.00. The lowest BCUT2D eigenvalue weighted by Gasteiger charge is -2.31. The van der Waals surface area contributed by atoms with Gasteiger partial charge in [0.15, 0.2) is 0 Å². The minimum Gasteiger partial charge on any atom is -0.493 e. The van der Waals surface area contributed by atoms with Gasteiger partial charge in [0, 0.05) is 32.1 Å². The number of hydrogen-bond acceptors (Lipinski definition) is 4. The molecule has 5 nitrogen and oxygen atoms in total. The molecule has 1 aromatic rings. The molecule has 1 atom stereocenters. The predicted molar refractivity (Wildman–Crippen MR) is 71.9 cm³/mol. The Bertz CT molecular complexity index is 586. The summed E-state index contributed by atoms with van der Waals surface area (Å²) in [5, 5.41) is 3.25. The topological polar surface area (TPSA) is 58.6 Å². The zero-order valence-electron chi connectivity index (χ0n) is 10.9. The number of sulfonamides is 1. The van der Waals surface area contributed by atoms with E-state index in [4.69, 9.17) is 4.74 Å². The number of rotatable bonds is 2. The minimum absolute atomic E-state index is 0.196. The minimum atomic E-state index is -3.38. The van der Waals surface area contributed by atoms with Crippen molar-refractivity contribution in [2.45, 2.75) is 24.3 Å². The molecule has 104 valence electrons. The maximum atomic E-state index is 12.6. The molecule has 0 aromatic heterocycles. The van der Waals surface area contributed by atoms with E-state index in [9.17, 15) is 8.42 Å². The van der Waals surface area contributed by atoms with Crippen LogP contribution in [-0.2, 0) is 16.4 Å². The molecule has 1 N–H and O–H groups in total. The van der Waals surface area contributed by atoms with Crippen molar-refractivity contribution in [1.29, 1.82) is 0 Å². The van der Waals surface area contributed by atoms with E-state index in [1.165, 1.54) is 0 Å². The Kier molecular flexibility index (Phi) is 3.24. The smallest absolute Gasteiger partial charge is 0.243 e. The quantitative estimate of drug-likeness (QED) is 0.863. The molecule has 1 unspecified atom stereocenters. The molecule has 0 bridgehead atoms. The molecule has 3 rings (SSSR count). The molecule has 2 heterocycles. The maximum absolute atomic E-state index is 12.6. The Morgan fingerprint density at radius 2 is 2.26 bits per heavy atom. The second-order valence-electron chi connectivity index (χ2n) is 5.09. The van der Waals surface area contributed by atoms with Crippen LogP contribution in [0.4, 0.5) is 0 Å². The summed E-state index contributed by atoms with van der Waals surface area (Å²) in [4.78, 5) is 0.380. The van der Waals surface area contributed by atoms with Crippen LogP contribution in [0.1, 0.15) is 12.5 Å². The molecule has 2 aliphatic rings. The molecule has 0 aliphatic carbocycles. The van der Waals surface area contributed by atoms with Crippen molar-refractivity contribution >= 4 is 10.0 Å². The van der Waals surface area contributed by atoms with Crippen LogP contribution in [0, 0.1) is 0 Å². The largest absolute Gasteiger partial charge is 0.493 e. The highest BCUT2D eigenvalue weighted by Crippen LogP contribution is 2.29. The van der Waals surface area contributed by atoms with Crippen LogP contribution in [0.25, 0.3) is 0 Å². The average Bonchev–Trinajstić information content (AvgIpc) is 2.85. The molecule has 1 fully saturated rings. The van der Waals surface area contributed by atoms with Crippen LogP contribution >= 0.6 is 0 Å². The van der Waals surface area contributed by atoms with Crippen molar-refractivity contribution in [3.05, 3.63) is 23.8 Å². The normalized spacial score (nSPS) is 23.9. The number of nitrogens with zero attached hydrogens (tertiary/aromatic N) is 1. The lowest BCUT2D eigenvalue weighted by molar-refractivity contribution is 0.310. The van der Waals surface area contributed by atoms with E-state index in [2.05, 4.69) is 5.32 Å². The monoisotopic (exact) mass is 282 g/mol. The average molecular weight is 282 g/mol. The van der Waals surface area contributed by atoms with E-state index in [1.807, 2.05) is 6.92 Å². The van der Waals surface area contributed by atoms with Crippen LogP contribution in [0.2, 0.25) is 0 Å². The summed E-state index contributed by atoms with van der Waals surface area (Å²) in [6.45, 7) is 4.40. The third-order valence-electron chi connectivity index (χ3n) is 3.63. The number of ether oxygens (including phenoxy) is 1. The summed E-state index contributed by atoms with van der Waals surface area (Å²) >= 11 is 0. The predicted octanol–water partition coefficient (Wildman–Crippen LogP) is 0.604. The number of hydrogen-bond donors (Lipinski definition) is 1. The standard InChI is InChI=1S/C13H18N2O3S/c1-10-9-15(6-5-14-10)19(16,17)12-2-3-13-11(8-12)4-7-18-13/h2-3,8,10,14H,4-7,9H2,1H3. The molecule has 19 heavy (non-hydrogen) atoms. The summed E-state index contributed by atoms with van der Waals surface area (Å²) < 4.78 is 32.2. The lowest BCUT2D eigenvalue weighted by atomic mass is 10.2. The van der Waals surface area contributed by atoms with E-state index in [0.717, 1.165) is 17.7 Å². The third kappa shape index (κ3) is 2.35. The van der Waals surface area contributed by atoms with Gasteiger partial charge in [-0.15, -0.1) is 0 Å². The second-order valence-corrected chi connectivity index (χ2v) is 7.02. The highest BCUT2D eigenvalue weighted by molar-refractivity contribution is 7.89. The molecule has 0 radical (unpaired) electrons. The Hall–Kier alpha value is -1.11. The zero-order valence-corrected chi connectivity index (χ0v) is 11.7. The molecule has 1 saturated heterocycles. The van der Waals surface area contributed by atoms with Crippen LogP contribution in [0.15, 0.2) is 23.1 Å². The van der Waals surface area contributed by atoms with E-state index >= 15 is 0 Å². The van der Waals surface area contributed by atoms with Crippen molar-refractivity contribution in [2.75, 3.05) is 26.2 Å². The van der Waals surface area contributed by atoms with Gasteiger partial charge in [0.2, 0.25) is 10.0 Å². The fraction of sp³-hybridized carbons (Fsp3) is 0.538. The SMILES string of the molecule is CC1CN(S(=O)(=O)c2ccc3c(c2)CCO3)CCN1. The number of fused-ring (bicyclic) bond motifs is 1. The van der Waals surface area contributed by atoms with Crippen molar-refractivity contribution in [2.24, 2.45) is 0 Å². The number of benzene rings is 1. The summed E-state index contributed by atoms with van der Waals surface area (Å²) in [6, 6.07) is 5.36. The molecular formula is C13H18N2O3S. The molecule has 0 saturated carbocycles. The first-order valence-electron chi connectivity index (χ1n) is 6.56. The van der Waals surface area contributed by atoms with Gasteiger partial charge in [-0.3, -0.25) is 0 Å². The Morgan fingerprint density at radius 3 is 3.05 bits per heavy atom. The summed E-state index contributed by atoms with van der Waals surface area (Å²) in [6.07, 6.45) is 0.788. The van der Waals surface area contributed by atoms with Gasteiger partial charge in [-0.2, -0.15) is 4.31 Å². The molecule has 6 heteroatoms. The Labute approximate surface area is 113 Å². The van der Waals surface area contributed by atoms with Gasteiger partial charge in [0.1, 0.15) is 5.75 Å². The van der Waals surface area contributed by atoms with Crippen LogP contribution in [-0.4, -0.2) is 45.0 Å². The van der Waals surface area contributed by atoms with Gasteiger partial charge in [0.05, 0.1) is 11.5 Å². The maximum Gasteiger partial charge on any atom is 0.243 e. The highest BCUT2D eigenvalue weighted by Gasteiger charge is 2.29. The number of piperazine rings is 1. The second kappa shape index (κ2) is 4.77. The summed E-state index contributed by atoms with van der Waals surface area (Å²) in [5.74, 6) is 0.813. The summed E-state index contributed by atoms with van der Waals surface area (Å²) in [7, 11) is -3.38. The van der Waals surface area contributed by atoms with Crippen molar-refractivity contribution in [3.63, 3.8) is 0 Å². The van der Waals surface area contributed by atoms with Crippen molar-refractivity contribution in [1.82, 2.24) is 9.62 Å². The molecule has 1 aromatic carbocycles. The van der Waals surface area contributed by atoms with Gasteiger partial charge < -0.3 is 10.1 Å². The molecular weight excluding hydrogens is 264 g/mol. The first kappa shape index (κ1) is 12.9. The third-order valence-corrected chi connectivity index (χ3v) is 5.49. The van der Waals surface area contributed by atoms with Crippen molar-refractivity contribution < 1.29 is 13.2 Å². The molecule has 0 amide bonds. The Morgan fingerprint density at radius 1 is 1.42 bits per heavy atom. The van der Waals surface area contributed by atoms with Crippen molar-refractivity contribution in [3.8, 4) is 5.75 Å². The molecule has 2 aliphatic heterocycles. The fourth-order valence-electron chi connectivity index (χ4n) is 2.59. The van der Waals surface area contributed by atoms with Crippen LogP contribution in [0.5, 0.6) is 5.75 Å². The van der Waals surface area contributed by atoms with Gasteiger partial charge in [0.25, 0.3) is 0 Å². The summed E-state index contributed by atoms with van der Waals surface area (Å²) in [5.41, 5.74) is 0.990. The highest BCUT2D eigenvalue weighted by atomic mass is 32.2. The lowest BCUT2D eigenvalue weighted by Crippen LogP contribution is -2.51. The van der Waals surface area contributed by atoms with Gasteiger partial charge >= 0.3 is 0 Å². The first-order chi connectivity index (χ1) is 9.07. The van der Waals surface area contributed by atoms with Crippen LogP contribution < -0.4 is 10.1 Å². The van der Waals surface area contributed by atoms with E-state index in [1.54, 1.807) is 22.5 Å². The van der Waals surface area contributed by atoms with Gasteiger partial charge in [-0.1, -0.05) is 0 Å². The van der Waals surface area contributed by atoms with E-state index in [0.29, 0.717) is 31.1 Å². The number of nitrogens with one attached hydrogen (secondary N) is 1. The zero-order chi connectivity index (χ0) is 13.5.